The molecule has 0 spiro atoms. The molecule has 13 nitrogen and oxygen atoms in total. The molecule has 0 saturated heterocycles. The van der Waals surface area contributed by atoms with E-state index in [0.29, 0.717) is 0 Å². The van der Waals surface area contributed by atoms with E-state index in [9.17, 15) is 0 Å². The topological polar surface area (TPSA) is 168 Å². The van der Waals surface area contributed by atoms with Gasteiger partial charge in [-0.25, -0.2) is 39.9 Å². The molecule has 0 aliphatic rings. The van der Waals surface area contributed by atoms with E-state index in [4.69, 9.17) is 4.98 Å². The predicted octanol–water partition coefficient (Wildman–Crippen LogP) is 19.7. The molecule has 480 valence electrons. The molecule has 9 heterocycles. The van der Waals surface area contributed by atoms with Crippen molar-refractivity contribution < 1.29 is 0 Å². The second kappa shape index (κ2) is 38.6. The van der Waals surface area contributed by atoms with Crippen molar-refractivity contribution in [2.75, 3.05) is 0 Å². The van der Waals surface area contributed by atoms with Gasteiger partial charge in [0, 0.05) is 92.5 Å². The predicted molar refractivity (Wildman–Crippen MR) is 398 cm³/mol. The van der Waals surface area contributed by atoms with E-state index in [1.807, 2.05) is 224 Å². The number of fused-ring (bicyclic) bond motifs is 4. The second-order valence-electron chi connectivity index (χ2n) is 22.0. The van der Waals surface area contributed by atoms with Crippen LogP contribution in [0.1, 0.15) is 51.2 Å². The Balaban J connectivity index is 0.000000141. The Hall–Kier alpha value is -12.4. The van der Waals surface area contributed by atoms with E-state index >= 15 is 0 Å². The van der Waals surface area contributed by atoms with Crippen molar-refractivity contribution in [1.29, 1.82) is 0 Å². The average Bonchev–Trinajstić information content (AvgIpc) is 1.03. The van der Waals surface area contributed by atoms with Gasteiger partial charge in [-0.3, -0.25) is 24.9 Å². The van der Waals surface area contributed by atoms with E-state index in [2.05, 4.69) is 172 Å². The minimum Gasteiger partial charge on any atom is -0.262 e. The number of para-hydroxylation sites is 2. The fourth-order valence-electron chi connectivity index (χ4n) is 9.38. The Morgan fingerprint density at radius 3 is 1.33 bits per heavy atom. The molecular weight excluding hydrogens is 1190 g/mol. The summed E-state index contributed by atoms with van der Waals surface area (Å²) in [6.07, 6.45) is 13.6. The van der Waals surface area contributed by atoms with Gasteiger partial charge in [-0.1, -0.05) is 181 Å². The summed E-state index contributed by atoms with van der Waals surface area (Å²) in [5.74, 6) is 2.39. The van der Waals surface area contributed by atoms with Gasteiger partial charge in [0.25, 0.3) is 0 Å². The van der Waals surface area contributed by atoms with Gasteiger partial charge < -0.3 is 0 Å². The number of nitrogens with zero attached hydrogens (tertiary/aromatic N) is 13. The number of aryl methyl sites for hydroxylation is 9. The van der Waals surface area contributed by atoms with Gasteiger partial charge in [0.05, 0.1) is 39.1 Å². The Kier molecular flexibility index (Phi) is 28.1. The second-order valence-corrected chi connectivity index (χ2v) is 22.0. The van der Waals surface area contributed by atoms with Crippen molar-refractivity contribution in [2.24, 2.45) is 0 Å². The van der Waals surface area contributed by atoms with Gasteiger partial charge in [-0.05, 0) is 164 Å². The largest absolute Gasteiger partial charge is 0.262 e. The molecular formula is C84H79N13. The molecule has 0 bridgehead atoms. The Bertz CT molecular complexity index is 4660. The van der Waals surface area contributed by atoms with Gasteiger partial charge in [0.2, 0.25) is 0 Å². The van der Waals surface area contributed by atoms with E-state index < -0.39 is 0 Å². The molecule has 0 fully saturated rings. The number of rotatable bonds is 3. The molecule has 97 heavy (non-hydrogen) atoms. The van der Waals surface area contributed by atoms with Gasteiger partial charge in [0.15, 0.2) is 0 Å². The van der Waals surface area contributed by atoms with Crippen molar-refractivity contribution in [3.8, 4) is 33.8 Å². The van der Waals surface area contributed by atoms with Crippen molar-refractivity contribution in [3.05, 3.63) is 368 Å². The molecule has 13 heteroatoms. The van der Waals surface area contributed by atoms with Crippen LogP contribution in [0, 0.1) is 62.3 Å². The molecule has 0 amide bonds. The number of pyridine rings is 6. The zero-order valence-corrected chi connectivity index (χ0v) is 56.3. The maximum absolute atomic E-state index is 4.71. The minimum atomic E-state index is 0.759. The Morgan fingerprint density at radius 1 is 0.227 bits per heavy atom. The fourth-order valence-corrected chi connectivity index (χ4v) is 9.38. The molecule has 0 radical (unpaired) electrons. The SMILES string of the molecule is Cc1cc(-c2ccccc2)nc2ccccc12.Cc1ccc2ccccc2n1.Cc1ccc2ncccc2c1.Cc1cccc(-c2ccccc2)n1.Cc1cccc2ncccc12.Cc1ccccn1.Cc1nccc(-c2ccccc2)n1.Cc1ncccn1.Cc1ncncn1. The molecule has 0 N–H and O–H groups in total. The van der Waals surface area contributed by atoms with Crippen molar-refractivity contribution in [1.82, 2.24) is 64.8 Å². The highest BCUT2D eigenvalue weighted by atomic mass is 15.0. The smallest absolute Gasteiger partial charge is 0.128 e. The highest BCUT2D eigenvalue weighted by Crippen LogP contribution is 2.24. The summed E-state index contributed by atoms with van der Waals surface area (Å²) in [5.41, 5.74) is 17.9. The van der Waals surface area contributed by atoms with Crippen molar-refractivity contribution >= 4 is 43.6 Å². The maximum Gasteiger partial charge on any atom is 0.128 e. The lowest BCUT2D eigenvalue weighted by Gasteiger charge is -2.06. The molecule has 0 saturated carbocycles. The average molecular weight is 1270 g/mol. The normalized spacial score (nSPS) is 9.91. The maximum atomic E-state index is 4.71. The quantitative estimate of drug-likeness (QED) is 0.164. The number of benzene rings is 7. The van der Waals surface area contributed by atoms with Gasteiger partial charge in [-0.15, -0.1) is 0 Å². The van der Waals surface area contributed by atoms with Crippen LogP contribution in [-0.2, 0) is 0 Å². The Morgan fingerprint density at radius 2 is 0.732 bits per heavy atom. The van der Waals surface area contributed by atoms with Crippen LogP contribution in [0.4, 0.5) is 0 Å². The summed E-state index contributed by atoms with van der Waals surface area (Å²) < 4.78 is 0. The molecule has 7 aromatic carbocycles. The molecule has 0 aliphatic carbocycles. The number of aromatic nitrogens is 13. The number of hydrogen-bond acceptors (Lipinski definition) is 13. The van der Waals surface area contributed by atoms with Gasteiger partial charge in [0.1, 0.15) is 30.1 Å². The van der Waals surface area contributed by atoms with Gasteiger partial charge in [-0.2, -0.15) is 0 Å². The molecule has 0 unspecified atom stereocenters. The first-order chi connectivity index (χ1) is 47.3. The van der Waals surface area contributed by atoms with E-state index in [-0.39, 0.29) is 0 Å². The highest BCUT2D eigenvalue weighted by Gasteiger charge is 2.04. The third kappa shape index (κ3) is 24.2. The van der Waals surface area contributed by atoms with Crippen LogP contribution in [0.5, 0.6) is 0 Å². The van der Waals surface area contributed by atoms with E-state index in [1.54, 1.807) is 30.9 Å². The zero-order valence-electron chi connectivity index (χ0n) is 56.3. The highest BCUT2D eigenvalue weighted by molar-refractivity contribution is 5.85. The summed E-state index contributed by atoms with van der Waals surface area (Å²) in [5, 5.41) is 4.90. The lowest BCUT2D eigenvalue weighted by atomic mass is 10.1. The first-order valence-electron chi connectivity index (χ1n) is 31.7. The third-order valence-electron chi connectivity index (χ3n) is 14.3. The summed E-state index contributed by atoms with van der Waals surface area (Å²) in [7, 11) is 0. The monoisotopic (exact) mass is 1270 g/mol. The van der Waals surface area contributed by atoms with E-state index in [0.717, 1.165) is 79.3 Å². The zero-order chi connectivity index (χ0) is 68.2. The molecule has 9 aromatic heterocycles. The third-order valence-corrected chi connectivity index (χ3v) is 14.3. The summed E-state index contributed by atoms with van der Waals surface area (Å²) in [4.78, 5) is 53.2. The lowest BCUT2D eigenvalue weighted by Crippen LogP contribution is -1.88. The van der Waals surface area contributed by atoms with Crippen LogP contribution in [0.25, 0.3) is 77.4 Å². The van der Waals surface area contributed by atoms with Crippen LogP contribution < -0.4 is 0 Å². The van der Waals surface area contributed by atoms with Crippen LogP contribution in [0.2, 0.25) is 0 Å². The van der Waals surface area contributed by atoms with Crippen molar-refractivity contribution in [2.45, 2.75) is 62.3 Å². The van der Waals surface area contributed by atoms with Crippen LogP contribution >= 0.6 is 0 Å². The molecule has 16 aromatic rings. The van der Waals surface area contributed by atoms with Crippen LogP contribution in [-0.4, -0.2) is 64.8 Å². The van der Waals surface area contributed by atoms with Gasteiger partial charge >= 0.3 is 0 Å². The van der Waals surface area contributed by atoms with Crippen LogP contribution in [0.15, 0.2) is 317 Å². The molecule has 0 aliphatic heterocycles. The summed E-state index contributed by atoms with van der Waals surface area (Å²) >= 11 is 0. The first-order valence-corrected chi connectivity index (χ1v) is 31.7. The summed E-state index contributed by atoms with van der Waals surface area (Å²) in [6, 6.07) is 89.5. The Labute approximate surface area is 569 Å². The fraction of sp³-hybridized carbons (Fsp3) is 0.107. The first kappa shape index (κ1) is 70.5. The standard InChI is InChI=1S/C16H13N.C12H11N.C11H10N2.3C10H9N.C6H7N.C5H6N2.C4H5N3/c1-12-11-16(13-7-3-2-4-8-13)17-15-10-6-5-9-14(12)15;1-10-6-5-9-12(13-10)11-7-3-2-4-8-11;1-9-12-8-7-11(13-9)10-5-3-2-4-6-10;1-8-4-2-6-10-9(8)5-3-7-11-10;1-8-4-5-10-9(7-8)3-2-6-11-10;1-8-6-7-9-4-2-3-5-10(9)11-8;1-6-4-2-3-5-7-6;1-5-6-3-2-4-7-5;1-4-6-2-5-3-7-4/h2-11H,1H3;2-9H,1H3;2-8H,1H3;3*2-7H,1H3;2-5H,1H3;2-4H,1H3;2-3H,1H3. The summed E-state index contributed by atoms with van der Waals surface area (Å²) in [6.45, 7) is 17.9. The lowest BCUT2D eigenvalue weighted by molar-refractivity contribution is 0.974. The number of hydrogen-bond donors (Lipinski definition) is 0. The minimum absolute atomic E-state index is 0.759. The van der Waals surface area contributed by atoms with E-state index in [1.165, 1.54) is 62.0 Å². The van der Waals surface area contributed by atoms with Crippen molar-refractivity contribution in [3.63, 3.8) is 0 Å². The molecule has 16 rings (SSSR count). The molecule has 0 atom stereocenters. The van der Waals surface area contributed by atoms with Crippen LogP contribution in [0.3, 0.4) is 0 Å².